The standard InChI is InChI=1S/C16H21ClN2O3/c1-10-4-5-13(7-14(10)17)18-16(21)12-6-15(20)19(8-12)11(2)9-22-3/h4-5,7,11-12H,6,8-9H2,1-3H3,(H,18,21)/t11-,12+/m1/s1. The van der Waals surface area contributed by atoms with Crippen molar-refractivity contribution in [3.63, 3.8) is 0 Å². The molecule has 1 aliphatic heterocycles. The number of nitrogens with zero attached hydrogens (tertiary/aromatic N) is 1. The van der Waals surface area contributed by atoms with E-state index < -0.39 is 0 Å². The number of halogens is 1. The third kappa shape index (κ3) is 3.78. The van der Waals surface area contributed by atoms with E-state index in [1.807, 2.05) is 19.9 Å². The Kier molecular flexibility index (Phi) is 5.42. The van der Waals surface area contributed by atoms with E-state index in [-0.39, 0.29) is 30.2 Å². The van der Waals surface area contributed by atoms with E-state index in [0.717, 1.165) is 5.56 Å². The fourth-order valence-electron chi connectivity index (χ4n) is 2.58. The third-order valence-electron chi connectivity index (χ3n) is 3.91. The Balaban J connectivity index is 1.99. The van der Waals surface area contributed by atoms with Gasteiger partial charge in [0.05, 0.1) is 18.6 Å². The number of amides is 2. The summed E-state index contributed by atoms with van der Waals surface area (Å²) in [7, 11) is 1.60. The van der Waals surface area contributed by atoms with Gasteiger partial charge in [0, 0.05) is 30.8 Å². The van der Waals surface area contributed by atoms with Gasteiger partial charge in [-0.1, -0.05) is 17.7 Å². The number of carbonyl (C=O) groups is 2. The van der Waals surface area contributed by atoms with Crippen molar-refractivity contribution < 1.29 is 14.3 Å². The monoisotopic (exact) mass is 324 g/mol. The van der Waals surface area contributed by atoms with Crippen molar-refractivity contribution in [2.24, 2.45) is 5.92 Å². The molecule has 2 amide bonds. The number of aryl methyl sites for hydroxylation is 1. The van der Waals surface area contributed by atoms with Crippen molar-refractivity contribution in [2.45, 2.75) is 26.3 Å². The molecule has 1 heterocycles. The maximum Gasteiger partial charge on any atom is 0.229 e. The number of ether oxygens (including phenoxy) is 1. The van der Waals surface area contributed by atoms with Crippen LogP contribution < -0.4 is 5.32 Å². The van der Waals surface area contributed by atoms with Gasteiger partial charge in [-0.05, 0) is 31.5 Å². The van der Waals surface area contributed by atoms with E-state index >= 15 is 0 Å². The van der Waals surface area contributed by atoms with Gasteiger partial charge >= 0.3 is 0 Å². The molecule has 1 fully saturated rings. The van der Waals surface area contributed by atoms with E-state index in [1.165, 1.54) is 0 Å². The molecular weight excluding hydrogens is 304 g/mol. The van der Waals surface area contributed by atoms with Gasteiger partial charge in [0.2, 0.25) is 11.8 Å². The second kappa shape index (κ2) is 7.11. The highest BCUT2D eigenvalue weighted by Crippen LogP contribution is 2.24. The Morgan fingerprint density at radius 1 is 1.55 bits per heavy atom. The summed E-state index contributed by atoms with van der Waals surface area (Å²) >= 11 is 6.05. The molecular formula is C16H21ClN2O3. The summed E-state index contributed by atoms with van der Waals surface area (Å²) in [6.45, 7) is 4.71. The first kappa shape index (κ1) is 16.8. The van der Waals surface area contributed by atoms with Crippen LogP contribution in [0.15, 0.2) is 18.2 Å². The first-order chi connectivity index (χ1) is 10.4. The van der Waals surface area contributed by atoms with Crippen molar-refractivity contribution in [3.8, 4) is 0 Å². The number of likely N-dealkylation sites (tertiary alicyclic amines) is 1. The molecule has 22 heavy (non-hydrogen) atoms. The van der Waals surface area contributed by atoms with E-state index in [1.54, 1.807) is 24.1 Å². The summed E-state index contributed by atoms with van der Waals surface area (Å²) in [5, 5.41) is 3.44. The summed E-state index contributed by atoms with van der Waals surface area (Å²) in [5.41, 5.74) is 1.60. The fraction of sp³-hybridized carbons (Fsp3) is 0.500. The molecule has 0 unspecified atom stereocenters. The highest BCUT2D eigenvalue weighted by Gasteiger charge is 2.36. The normalized spacial score (nSPS) is 19.4. The van der Waals surface area contributed by atoms with Crippen LogP contribution in [0.25, 0.3) is 0 Å². The zero-order valence-electron chi connectivity index (χ0n) is 13.1. The second-order valence-electron chi connectivity index (χ2n) is 5.70. The Bertz CT molecular complexity index is 577. The maximum atomic E-state index is 12.3. The van der Waals surface area contributed by atoms with Crippen LogP contribution in [-0.2, 0) is 14.3 Å². The predicted octanol–water partition coefficient (Wildman–Crippen LogP) is 2.47. The fourth-order valence-corrected chi connectivity index (χ4v) is 2.76. The summed E-state index contributed by atoms with van der Waals surface area (Å²) < 4.78 is 5.07. The van der Waals surface area contributed by atoms with E-state index in [2.05, 4.69) is 5.32 Å². The maximum absolute atomic E-state index is 12.3. The Morgan fingerprint density at radius 2 is 2.27 bits per heavy atom. The van der Waals surface area contributed by atoms with Gasteiger partial charge in [0.15, 0.2) is 0 Å². The lowest BCUT2D eigenvalue weighted by Crippen LogP contribution is -2.38. The van der Waals surface area contributed by atoms with Gasteiger partial charge in [-0.15, -0.1) is 0 Å². The quantitative estimate of drug-likeness (QED) is 0.905. The van der Waals surface area contributed by atoms with E-state index in [0.29, 0.717) is 23.9 Å². The average Bonchev–Trinajstić information content (AvgIpc) is 2.85. The predicted molar refractivity (Wildman–Crippen MR) is 86.0 cm³/mol. The van der Waals surface area contributed by atoms with Crippen LogP contribution in [0.3, 0.4) is 0 Å². The summed E-state index contributed by atoms with van der Waals surface area (Å²) in [6.07, 6.45) is 0.236. The van der Waals surface area contributed by atoms with E-state index in [9.17, 15) is 9.59 Å². The summed E-state index contributed by atoms with van der Waals surface area (Å²) in [5.74, 6) is -0.501. The Morgan fingerprint density at radius 3 is 2.91 bits per heavy atom. The Labute approximate surface area is 135 Å². The number of benzene rings is 1. The number of nitrogens with one attached hydrogen (secondary N) is 1. The molecule has 1 aliphatic rings. The highest BCUT2D eigenvalue weighted by atomic mass is 35.5. The van der Waals surface area contributed by atoms with E-state index in [4.69, 9.17) is 16.3 Å². The van der Waals surface area contributed by atoms with Crippen LogP contribution in [0.1, 0.15) is 18.9 Å². The lowest BCUT2D eigenvalue weighted by atomic mass is 10.1. The molecule has 1 aromatic carbocycles. The zero-order valence-corrected chi connectivity index (χ0v) is 13.8. The molecule has 0 saturated carbocycles. The number of methoxy groups -OCH3 is 1. The minimum absolute atomic E-state index is 0.00774. The average molecular weight is 325 g/mol. The molecule has 0 radical (unpaired) electrons. The van der Waals surface area contributed by atoms with Gasteiger partial charge in [0.25, 0.3) is 0 Å². The minimum Gasteiger partial charge on any atom is -0.383 e. The highest BCUT2D eigenvalue weighted by molar-refractivity contribution is 6.31. The molecule has 2 rings (SSSR count). The second-order valence-corrected chi connectivity index (χ2v) is 6.11. The van der Waals surface area contributed by atoms with Crippen LogP contribution >= 0.6 is 11.6 Å². The van der Waals surface area contributed by atoms with Crippen molar-refractivity contribution >= 4 is 29.1 Å². The molecule has 1 saturated heterocycles. The van der Waals surface area contributed by atoms with Gasteiger partial charge < -0.3 is 15.0 Å². The molecule has 1 aromatic rings. The lowest BCUT2D eigenvalue weighted by Gasteiger charge is -2.23. The molecule has 2 atom stereocenters. The molecule has 5 nitrogen and oxygen atoms in total. The van der Waals surface area contributed by atoms with Crippen LogP contribution in [0, 0.1) is 12.8 Å². The summed E-state index contributed by atoms with van der Waals surface area (Å²) in [4.78, 5) is 26.0. The van der Waals surface area contributed by atoms with Crippen molar-refractivity contribution in [3.05, 3.63) is 28.8 Å². The number of hydrogen-bond acceptors (Lipinski definition) is 3. The number of rotatable bonds is 5. The largest absolute Gasteiger partial charge is 0.383 e. The SMILES string of the molecule is COC[C@@H](C)N1C[C@@H](C(=O)Nc2ccc(C)c(Cl)c2)CC1=O. The topological polar surface area (TPSA) is 58.6 Å². The molecule has 0 aliphatic carbocycles. The van der Waals surface area contributed by atoms with Gasteiger partial charge in [-0.25, -0.2) is 0 Å². The zero-order chi connectivity index (χ0) is 16.3. The van der Waals surface area contributed by atoms with Crippen molar-refractivity contribution in [1.82, 2.24) is 4.90 Å². The molecule has 0 bridgehead atoms. The molecule has 6 heteroatoms. The van der Waals surface area contributed by atoms with Crippen molar-refractivity contribution in [1.29, 1.82) is 0 Å². The minimum atomic E-state index is -0.341. The molecule has 0 spiro atoms. The summed E-state index contributed by atoms with van der Waals surface area (Å²) in [6, 6.07) is 5.35. The molecule has 0 aromatic heterocycles. The van der Waals surface area contributed by atoms with Crippen LogP contribution in [0.5, 0.6) is 0 Å². The smallest absolute Gasteiger partial charge is 0.229 e. The first-order valence-electron chi connectivity index (χ1n) is 7.27. The number of carbonyl (C=O) groups excluding carboxylic acids is 2. The van der Waals surface area contributed by atoms with Crippen molar-refractivity contribution in [2.75, 3.05) is 25.6 Å². The number of anilines is 1. The number of hydrogen-bond donors (Lipinski definition) is 1. The van der Waals surface area contributed by atoms with Crippen LogP contribution in [-0.4, -0.2) is 43.0 Å². The molecule has 1 N–H and O–H groups in total. The third-order valence-corrected chi connectivity index (χ3v) is 4.32. The van der Waals surface area contributed by atoms with Crippen LogP contribution in [0.2, 0.25) is 5.02 Å². The first-order valence-corrected chi connectivity index (χ1v) is 7.65. The van der Waals surface area contributed by atoms with Gasteiger partial charge in [0.1, 0.15) is 0 Å². The molecule has 120 valence electrons. The Hall–Kier alpha value is -1.59. The van der Waals surface area contributed by atoms with Gasteiger partial charge in [-0.3, -0.25) is 9.59 Å². The van der Waals surface area contributed by atoms with Gasteiger partial charge in [-0.2, -0.15) is 0 Å². The lowest BCUT2D eigenvalue weighted by molar-refractivity contribution is -0.130. The van der Waals surface area contributed by atoms with Crippen LogP contribution in [0.4, 0.5) is 5.69 Å².